The van der Waals surface area contributed by atoms with E-state index >= 15 is 0 Å². The zero-order chi connectivity index (χ0) is 13.1. The largest absolute Gasteiger partial charge is 0.391 e. The Bertz CT molecular complexity index is 661. The molecule has 0 aliphatic rings. The lowest BCUT2D eigenvalue weighted by atomic mass is 10.0. The second kappa shape index (κ2) is 5.24. The van der Waals surface area contributed by atoms with E-state index in [1.54, 1.807) is 10.9 Å². The Morgan fingerprint density at radius 2 is 1.89 bits per heavy atom. The second-order valence-electron chi connectivity index (χ2n) is 4.77. The fourth-order valence-corrected chi connectivity index (χ4v) is 2.33. The molecule has 3 rings (SSSR count). The predicted octanol–water partition coefficient (Wildman–Crippen LogP) is 2.64. The topological polar surface area (TPSA) is 38.0 Å². The van der Waals surface area contributed by atoms with Gasteiger partial charge in [0.25, 0.3) is 0 Å². The van der Waals surface area contributed by atoms with Crippen LogP contribution in [0.2, 0.25) is 0 Å². The van der Waals surface area contributed by atoms with Crippen molar-refractivity contribution in [1.82, 2.24) is 9.78 Å². The number of aliphatic hydroxyl groups is 1. The van der Waals surface area contributed by atoms with E-state index in [1.165, 1.54) is 10.8 Å². The van der Waals surface area contributed by atoms with Crippen LogP contribution in [-0.2, 0) is 13.0 Å². The first-order chi connectivity index (χ1) is 9.31. The average molecular weight is 252 g/mol. The molecule has 1 N–H and O–H groups in total. The van der Waals surface area contributed by atoms with Crippen LogP contribution in [0.25, 0.3) is 10.8 Å². The van der Waals surface area contributed by atoms with Gasteiger partial charge in [0.05, 0.1) is 12.6 Å². The van der Waals surface area contributed by atoms with E-state index < -0.39 is 6.10 Å². The van der Waals surface area contributed by atoms with Crippen molar-refractivity contribution < 1.29 is 5.11 Å². The van der Waals surface area contributed by atoms with Crippen molar-refractivity contribution in [3.63, 3.8) is 0 Å². The quantitative estimate of drug-likeness (QED) is 0.775. The van der Waals surface area contributed by atoms with Gasteiger partial charge in [-0.05, 0) is 22.4 Å². The molecule has 1 heterocycles. The molecule has 0 aliphatic carbocycles. The minimum Gasteiger partial charge on any atom is -0.391 e. The molecule has 0 spiro atoms. The molecule has 1 atom stereocenters. The van der Waals surface area contributed by atoms with Crippen LogP contribution in [-0.4, -0.2) is 21.0 Å². The highest BCUT2D eigenvalue weighted by atomic mass is 16.3. The summed E-state index contributed by atoms with van der Waals surface area (Å²) in [5.74, 6) is 0. The van der Waals surface area contributed by atoms with E-state index in [4.69, 9.17) is 0 Å². The van der Waals surface area contributed by atoms with Crippen LogP contribution >= 0.6 is 0 Å². The number of rotatable bonds is 4. The molecule has 0 radical (unpaired) electrons. The molecule has 1 aromatic heterocycles. The minimum atomic E-state index is -0.416. The fraction of sp³-hybridized carbons (Fsp3) is 0.188. The maximum Gasteiger partial charge on any atom is 0.0776 e. The van der Waals surface area contributed by atoms with Gasteiger partial charge >= 0.3 is 0 Å². The molecule has 0 saturated heterocycles. The fourth-order valence-electron chi connectivity index (χ4n) is 2.33. The van der Waals surface area contributed by atoms with Crippen molar-refractivity contribution >= 4 is 10.8 Å². The first kappa shape index (κ1) is 11.9. The molecular formula is C16H16N2O. The van der Waals surface area contributed by atoms with Gasteiger partial charge < -0.3 is 5.11 Å². The van der Waals surface area contributed by atoms with Gasteiger partial charge in [0.15, 0.2) is 0 Å². The number of benzene rings is 2. The molecule has 0 bridgehead atoms. The van der Waals surface area contributed by atoms with Crippen LogP contribution in [0.3, 0.4) is 0 Å². The van der Waals surface area contributed by atoms with Gasteiger partial charge in [0.1, 0.15) is 0 Å². The third-order valence-corrected chi connectivity index (χ3v) is 3.24. The number of aliphatic hydroxyl groups excluding tert-OH is 1. The number of hydrogen-bond donors (Lipinski definition) is 1. The van der Waals surface area contributed by atoms with Crippen molar-refractivity contribution in [2.24, 2.45) is 0 Å². The van der Waals surface area contributed by atoms with E-state index in [0.717, 1.165) is 5.56 Å². The summed E-state index contributed by atoms with van der Waals surface area (Å²) in [6, 6.07) is 16.4. The third kappa shape index (κ3) is 2.83. The summed E-state index contributed by atoms with van der Waals surface area (Å²) in [7, 11) is 0. The van der Waals surface area contributed by atoms with Crippen LogP contribution in [0.1, 0.15) is 5.56 Å². The Morgan fingerprint density at radius 1 is 1.05 bits per heavy atom. The normalized spacial score (nSPS) is 12.7. The monoisotopic (exact) mass is 252 g/mol. The lowest BCUT2D eigenvalue weighted by Crippen LogP contribution is -2.18. The predicted molar refractivity (Wildman–Crippen MR) is 75.9 cm³/mol. The van der Waals surface area contributed by atoms with Crippen molar-refractivity contribution in [3.05, 3.63) is 66.5 Å². The third-order valence-electron chi connectivity index (χ3n) is 3.24. The van der Waals surface area contributed by atoms with Crippen molar-refractivity contribution in [2.75, 3.05) is 0 Å². The summed E-state index contributed by atoms with van der Waals surface area (Å²) in [5.41, 5.74) is 1.15. The number of hydrogen-bond acceptors (Lipinski definition) is 2. The van der Waals surface area contributed by atoms with Gasteiger partial charge in [0.2, 0.25) is 0 Å². The van der Waals surface area contributed by atoms with Crippen molar-refractivity contribution in [2.45, 2.75) is 19.1 Å². The molecule has 0 saturated carbocycles. The highest BCUT2D eigenvalue weighted by molar-refractivity contribution is 5.82. The Balaban J connectivity index is 1.73. The molecule has 0 fully saturated rings. The standard InChI is InChI=1S/C16H16N2O/c19-16(12-18-9-3-8-17-18)11-13-6-7-14-4-1-2-5-15(14)10-13/h1-10,16,19H,11-12H2. The van der Waals surface area contributed by atoms with E-state index in [2.05, 4.69) is 35.4 Å². The van der Waals surface area contributed by atoms with Gasteiger partial charge in [-0.15, -0.1) is 0 Å². The maximum atomic E-state index is 10.1. The Hall–Kier alpha value is -2.13. The first-order valence-corrected chi connectivity index (χ1v) is 6.44. The summed E-state index contributed by atoms with van der Waals surface area (Å²) in [4.78, 5) is 0. The molecule has 0 aliphatic heterocycles. The van der Waals surface area contributed by atoms with Crippen LogP contribution in [0, 0.1) is 0 Å². The molecular weight excluding hydrogens is 236 g/mol. The summed E-state index contributed by atoms with van der Waals surface area (Å²) < 4.78 is 1.76. The van der Waals surface area contributed by atoms with Gasteiger partial charge in [-0.3, -0.25) is 4.68 Å². The molecule has 2 aromatic carbocycles. The van der Waals surface area contributed by atoms with E-state index in [0.29, 0.717) is 13.0 Å². The van der Waals surface area contributed by atoms with Gasteiger partial charge in [-0.25, -0.2) is 0 Å². The van der Waals surface area contributed by atoms with Gasteiger partial charge in [-0.2, -0.15) is 5.10 Å². The molecule has 3 nitrogen and oxygen atoms in total. The molecule has 19 heavy (non-hydrogen) atoms. The van der Waals surface area contributed by atoms with E-state index in [-0.39, 0.29) is 0 Å². The summed E-state index contributed by atoms with van der Waals surface area (Å²) in [6.45, 7) is 0.528. The molecule has 96 valence electrons. The van der Waals surface area contributed by atoms with Crippen LogP contribution in [0.15, 0.2) is 60.9 Å². The average Bonchev–Trinajstić information content (AvgIpc) is 2.91. The Morgan fingerprint density at radius 3 is 2.68 bits per heavy atom. The number of nitrogens with zero attached hydrogens (tertiary/aromatic N) is 2. The highest BCUT2D eigenvalue weighted by Gasteiger charge is 2.07. The van der Waals surface area contributed by atoms with E-state index in [1.807, 2.05) is 24.4 Å². The van der Waals surface area contributed by atoms with Crippen LogP contribution < -0.4 is 0 Å². The molecule has 3 heteroatoms. The van der Waals surface area contributed by atoms with Crippen molar-refractivity contribution in [3.8, 4) is 0 Å². The lowest BCUT2D eigenvalue weighted by molar-refractivity contribution is 0.149. The second-order valence-corrected chi connectivity index (χ2v) is 4.77. The van der Waals surface area contributed by atoms with Gasteiger partial charge in [0, 0.05) is 18.8 Å². The zero-order valence-corrected chi connectivity index (χ0v) is 10.6. The summed E-state index contributed by atoms with van der Waals surface area (Å²) >= 11 is 0. The maximum absolute atomic E-state index is 10.1. The molecule has 0 amide bonds. The summed E-state index contributed by atoms with van der Waals surface area (Å²) in [5, 5.41) is 16.6. The zero-order valence-electron chi connectivity index (χ0n) is 10.6. The van der Waals surface area contributed by atoms with Crippen LogP contribution in [0.4, 0.5) is 0 Å². The SMILES string of the molecule is OC(Cc1ccc2ccccc2c1)Cn1cccn1. The minimum absolute atomic E-state index is 0.416. The summed E-state index contributed by atoms with van der Waals surface area (Å²) in [6.07, 6.45) is 3.82. The molecule has 1 unspecified atom stereocenters. The van der Waals surface area contributed by atoms with Gasteiger partial charge in [-0.1, -0.05) is 42.5 Å². The number of aromatic nitrogens is 2. The van der Waals surface area contributed by atoms with Crippen molar-refractivity contribution in [1.29, 1.82) is 0 Å². The number of fused-ring (bicyclic) bond motifs is 1. The van der Waals surface area contributed by atoms with Crippen LogP contribution in [0.5, 0.6) is 0 Å². The van der Waals surface area contributed by atoms with E-state index in [9.17, 15) is 5.11 Å². The molecule has 3 aromatic rings. The first-order valence-electron chi connectivity index (χ1n) is 6.44. The highest BCUT2D eigenvalue weighted by Crippen LogP contribution is 2.16. The Kier molecular flexibility index (Phi) is 3.29. The lowest BCUT2D eigenvalue weighted by Gasteiger charge is -2.11. The Labute approximate surface area is 112 Å². The smallest absolute Gasteiger partial charge is 0.0776 e.